The Bertz CT molecular complexity index is 689. The first kappa shape index (κ1) is 17.5. The molecule has 3 aliphatic rings. The summed E-state index contributed by atoms with van der Waals surface area (Å²) in [4.78, 5) is 31.8. The second kappa shape index (κ2) is 6.68. The van der Waals surface area contributed by atoms with Crippen molar-refractivity contribution in [2.24, 2.45) is 18.4 Å². The number of hydrogen-bond acceptors (Lipinski definition) is 4. The molecule has 0 unspecified atom stereocenters. The monoisotopic (exact) mass is 360 g/mol. The highest BCUT2D eigenvalue weighted by Gasteiger charge is 2.51. The van der Waals surface area contributed by atoms with E-state index in [1.165, 1.54) is 19.3 Å². The predicted octanol–water partition coefficient (Wildman–Crippen LogP) is 1.40. The zero-order valence-electron chi connectivity index (χ0n) is 15.6. The first-order chi connectivity index (χ1) is 12.5. The van der Waals surface area contributed by atoms with E-state index in [0.29, 0.717) is 18.6 Å². The van der Waals surface area contributed by atoms with Crippen LogP contribution in [0.15, 0.2) is 12.4 Å². The zero-order chi connectivity index (χ0) is 18.3. The second-order valence-corrected chi connectivity index (χ2v) is 8.20. The van der Waals surface area contributed by atoms with Crippen molar-refractivity contribution < 1.29 is 14.3 Å². The van der Waals surface area contributed by atoms with Crippen LogP contribution in [0, 0.1) is 11.3 Å². The minimum atomic E-state index is -0.390. The molecule has 1 saturated heterocycles. The van der Waals surface area contributed by atoms with Gasteiger partial charge in [-0.2, -0.15) is 0 Å². The van der Waals surface area contributed by atoms with Crippen molar-refractivity contribution in [3.63, 3.8) is 0 Å². The first-order valence-electron chi connectivity index (χ1n) is 9.59. The van der Waals surface area contributed by atoms with Crippen LogP contribution in [0.3, 0.4) is 0 Å². The standard InChI is InChI=1S/C19H28N4O3/c1-22-7-6-20-17(22)16-14(10-15(24)23(16)8-9-26-2)18(25)21-13-11-19(12-13)4-3-5-19/h6-7,13-14,16H,3-5,8-12H2,1-2H3,(H,21,25)/t14-,16-/m0/s1. The number of nitrogens with zero attached hydrogens (tertiary/aromatic N) is 3. The van der Waals surface area contributed by atoms with Gasteiger partial charge < -0.3 is 19.5 Å². The maximum Gasteiger partial charge on any atom is 0.226 e. The molecule has 7 nitrogen and oxygen atoms in total. The van der Waals surface area contributed by atoms with Gasteiger partial charge in [0.2, 0.25) is 11.8 Å². The lowest BCUT2D eigenvalue weighted by Crippen LogP contribution is -2.55. The fourth-order valence-corrected chi connectivity index (χ4v) is 4.94. The number of aryl methyl sites for hydroxylation is 1. The summed E-state index contributed by atoms with van der Waals surface area (Å²) in [7, 11) is 3.52. The number of rotatable bonds is 6. The molecule has 142 valence electrons. The van der Waals surface area contributed by atoms with Gasteiger partial charge >= 0.3 is 0 Å². The second-order valence-electron chi connectivity index (χ2n) is 8.20. The summed E-state index contributed by atoms with van der Waals surface area (Å²) in [6.07, 6.45) is 9.95. The molecule has 1 N–H and O–H groups in total. The van der Waals surface area contributed by atoms with Crippen molar-refractivity contribution in [3.05, 3.63) is 18.2 Å². The summed E-state index contributed by atoms with van der Waals surface area (Å²) in [6, 6.07) is -0.0525. The Morgan fingerprint density at radius 2 is 2.19 bits per heavy atom. The average molecular weight is 360 g/mol. The number of carbonyl (C=O) groups is 2. The van der Waals surface area contributed by atoms with Crippen molar-refractivity contribution in [3.8, 4) is 0 Å². The zero-order valence-corrected chi connectivity index (χ0v) is 15.6. The van der Waals surface area contributed by atoms with E-state index in [4.69, 9.17) is 4.74 Å². The number of ether oxygens (including phenoxy) is 1. The third-order valence-corrected chi connectivity index (χ3v) is 6.55. The van der Waals surface area contributed by atoms with E-state index >= 15 is 0 Å². The Morgan fingerprint density at radius 1 is 1.42 bits per heavy atom. The highest BCUT2D eigenvalue weighted by molar-refractivity contribution is 5.90. The van der Waals surface area contributed by atoms with Crippen LogP contribution in [-0.2, 0) is 21.4 Å². The number of nitrogens with one attached hydrogen (secondary N) is 1. The summed E-state index contributed by atoms with van der Waals surface area (Å²) in [6.45, 7) is 0.926. The minimum Gasteiger partial charge on any atom is -0.383 e. The Kier molecular flexibility index (Phi) is 4.50. The molecule has 2 heterocycles. The van der Waals surface area contributed by atoms with Crippen molar-refractivity contribution in [1.29, 1.82) is 0 Å². The van der Waals surface area contributed by atoms with Gasteiger partial charge in [-0.25, -0.2) is 4.98 Å². The summed E-state index contributed by atoms with van der Waals surface area (Å²) in [5.74, 6) is 0.360. The number of imidazole rings is 1. The molecule has 26 heavy (non-hydrogen) atoms. The molecule has 0 aromatic carbocycles. The smallest absolute Gasteiger partial charge is 0.226 e. The van der Waals surface area contributed by atoms with Gasteiger partial charge in [0, 0.05) is 45.6 Å². The van der Waals surface area contributed by atoms with E-state index in [2.05, 4.69) is 10.3 Å². The van der Waals surface area contributed by atoms with Gasteiger partial charge in [0.05, 0.1) is 12.5 Å². The Morgan fingerprint density at radius 3 is 2.77 bits per heavy atom. The number of hydrogen-bond donors (Lipinski definition) is 1. The molecule has 2 atom stereocenters. The normalized spacial score (nSPS) is 27.5. The first-order valence-corrected chi connectivity index (χ1v) is 9.59. The van der Waals surface area contributed by atoms with Crippen LogP contribution in [0.5, 0.6) is 0 Å². The highest BCUT2D eigenvalue weighted by atomic mass is 16.5. The Labute approximate surface area is 154 Å². The molecule has 1 spiro atoms. The number of amides is 2. The Balaban J connectivity index is 1.48. The molecule has 3 fully saturated rings. The fourth-order valence-electron chi connectivity index (χ4n) is 4.94. The van der Waals surface area contributed by atoms with E-state index in [-0.39, 0.29) is 30.3 Å². The molecule has 1 aliphatic heterocycles. The van der Waals surface area contributed by atoms with E-state index in [1.807, 2.05) is 17.8 Å². The summed E-state index contributed by atoms with van der Waals surface area (Å²) in [5, 5.41) is 3.20. The number of aromatic nitrogens is 2. The van der Waals surface area contributed by atoms with Crippen molar-refractivity contribution in [2.45, 2.75) is 50.6 Å². The quantitative estimate of drug-likeness (QED) is 0.832. The molecule has 0 radical (unpaired) electrons. The van der Waals surface area contributed by atoms with Crippen LogP contribution in [0.1, 0.15) is 50.4 Å². The molecule has 2 amide bonds. The fraction of sp³-hybridized carbons (Fsp3) is 0.737. The van der Waals surface area contributed by atoms with Crippen LogP contribution in [0.4, 0.5) is 0 Å². The summed E-state index contributed by atoms with van der Waals surface area (Å²) in [5.41, 5.74) is 0.521. The van der Waals surface area contributed by atoms with E-state index in [0.717, 1.165) is 18.7 Å². The molecular formula is C19H28N4O3. The van der Waals surface area contributed by atoms with E-state index in [1.54, 1.807) is 18.2 Å². The topological polar surface area (TPSA) is 76.5 Å². The predicted molar refractivity (Wildman–Crippen MR) is 95.1 cm³/mol. The lowest BCUT2D eigenvalue weighted by molar-refractivity contribution is -0.130. The number of likely N-dealkylation sites (tertiary alicyclic amines) is 1. The molecule has 0 bridgehead atoms. The number of carbonyl (C=O) groups excluding carboxylic acids is 2. The highest BCUT2D eigenvalue weighted by Crippen LogP contribution is 2.55. The largest absolute Gasteiger partial charge is 0.383 e. The van der Waals surface area contributed by atoms with Crippen LogP contribution in [0.25, 0.3) is 0 Å². The third kappa shape index (κ3) is 2.92. The molecule has 7 heteroatoms. The third-order valence-electron chi connectivity index (χ3n) is 6.55. The van der Waals surface area contributed by atoms with Gasteiger partial charge in [-0.3, -0.25) is 9.59 Å². The molecule has 2 aliphatic carbocycles. The lowest BCUT2D eigenvalue weighted by atomic mass is 9.54. The van der Waals surface area contributed by atoms with Crippen LogP contribution < -0.4 is 5.32 Å². The molecule has 2 saturated carbocycles. The average Bonchev–Trinajstić information content (AvgIpc) is 3.09. The van der Waals surface area contributed by atoms with Gasteiger partial charge in [0.1, 0.15) is 11.9 Å². The van der Waals surface area contributed by atoms with Gasteiger partial charge in [-0.1, -0.05) is 6.42 Å². The van der Waals surface area contributed by atoms with Gasteiger partial charge in [-0.05, 0) is 31.1 Å². The number of methoxy groups -OCH3 is 1. The van der Waals surface area contributed by atoms with Gasteiger partial charge in [0.15, 0.2) is 0 Å². The molecule has 4 rings (SSSR count). The Hall–Kier alpha value is -1.89. The van der Waals surface area contributed by atoms with Crippen LogP contribution in [-0.4, -0.2) is 52.6 Å². The van der Waals surface area contributed by atoms with Crippen LogP contribution >= 0.6 is 0 Å². The SMILES string of the molecule is COCCN1C(=O)C[C@H](C(=O)NC2CC3(CCC3)C2)[C@H]1c1nccn1C. The molecule has 1 aromatic rings. The molecule has 1 aromatic heterocycles. The van der Waals surface area contributed by atoms with Gasteiger partial charge in [0.25, 0.3) is 0 Å². The van der Waals surface area contributed by atoms with Crippen molar-refractivity contribution in [2.75, 3.05) is 20.3 Å². The lowest BCUT2D eigenvalue weighted by Gasteiger charge is -2.54. The van der Waals surface area contributed by atoms with E-state index in [9.17, 15) is 9.59 Å². The maximum absolute atomic E-state index is 13.0. The van der Waals surface area contributed by atoms with E-state index < -0.39 is 5.92 Å². The summed E-state index contributed by atoms with van der Waals surface area (Å²) >= 11 is 0. The van der Waals surface area contributed by atoms with Crippen LogP contribution in [0.2, 0.25) is 0 Å². The van der Waals surface area contributed by atoms with Crippen molar-refractivity contribution in [1.82, 2.24) is 19.8 Å². The minimum absolute atomic E-state index is 0.000673. The van der Waals surface area contributed by atoms with Gasteiger partial charge in [-0.15, -0.1) is 0 Å². The molecular weight excluding hydrogens is 332 g/mol. The summed E-state index contributed by atoms with van der Waals surface area (Å²) < 4.78 is 7.05. The van der Waals surface area contributed by atoms with Crippen molar-refractivity contribution >= 4 is 11.8 Å². The maximum atomic E-state index is 13.0.